The van der Waals surface area contributed by atoms with Crippen molar-refractivity contribution in [3.63, 3.8) is 0 Å². The number of carbonyl (C=O) groups excluding carboxylic acids is 4. The summed E-state index contributed by atoms with van der Waals surface area (Å²) in [4.78, 5) is 54.6. The molecule has 0 fully saturated rings. The molecular formula is C31H43ClN4O6. The molecule has 42 heavy (non-hydrogen) atoms. The summed E-state index contributed by atoms with van der Waals surface area (Å²) in [6.45, 7) is 13.9. The van der Waals surface area contributed by atoms with Gasteiger partial charge in [0.05, 0.1) is 10.7 Å². The van der Waals surface area contributed by atoms with E-state index < -0.39 is 47.0 Å². The zero-order chi connectivity index (χ0) is 32.0. The predicted octanol–water partition coefficient (Wildman–Crippen LogP) is 5.52. The molecule has 0 aliphatic carbocycles. The van der Waals surface area contributed by atoms with Gasteiger partial charge in [0, 0.05) is 17.5 Å². The lowest BCUT2D eigenvalue weighted by Gasteiger charge is -2.44. The highest BCUT2D eigenvalue weighted by molar-refractivity contribution is 6.34. The molecule has 0 radical (unpaired) electrons. The zero-order valence-electron chi connectivity index (χ0n) is 25.6. The summed E-state index contributed by atoms with van der Waals surface area (Å²) in [6, 6.07) is 7.45. The molecule has 2 aromatic carbocycles. The Balaban J connectivity index is 2.75. The van der Waals surface area contributed by atoms with Crippen LogP contribution < -0.4 is 16.4 Å². The number of alkyl carbamates (subject to hydrolysis) is 1. The van der Waals surface area contributed by atoms with Crippen LogP contribution in [0.3, 0.4) is 0 Å². The maximum Gasteiger partial charge on any atom is 0.408 e. The number of aromatic hydroxyl groups is 1. The highest BCUT2D eigenvalue weighted by atomic mass is 35.5. The van der Waals surface area contributed by atoms with E-state index in [0.29, 0.717) is 28.3 Å². The number of para-hydroxylation sites is 2. The van der Waals surface area contributed by atoms with Gasteiger partial charge in [-0.25, -0.2) is 4.79 Å². The SMILES string of the molecule is CCC(C)(C)N(C(=O)C(CCC(N)=O)NC(=O)OC(C)(C)C)C(C(=O)Nc1c(C)cccc1Cl)c1cccc(C)c1O. The van der Waals surface area contributed by atoms with Crippen LogP contribution in [0.15, 0.2) is 36.4 Å². The smallest absolute Gasteiger partial charge is 0.408 e. The minimum absolute atomic E-state index is 0.137. The molecule has 0 aromatic heterocycles. The first-order valence-electron chi connectivity index (χ1n) is 13.8. The van der Waals surface area contributed by atoms with E-state index >= 15 is 0 Å². The number of halogens is 1. The van der Waals surface area contributed by atoms with Crippen molar-refractivity contribution in [3.05, 3.63) is 58.1 Å². The Morgan fingerprint density at radius 3 is 2.17 bits per heavy atom. The van der Waals surface area contributed by atoms with Gasteiger partial charge < -0.3 is 31.1 Å². The predicted molar refractivity (Wildman–Crippen MR) is 163 cm³/mol. The number of hydrogen-bond donors (Lipinski definition) is 4. The quantitative estimate of drug-likeness (QED) is 0.266. The van der Waals surface area contributed by atoms with Crippen molar-refractivity contribution in [2.75, 3.05) is 5.32 Å². The molecule has 0 heterocycles. The molecule has 0 spiro atoms. The van der Waals surface area contributed by atoms with Gasteiger partial charge in [0.2, 0.25) is 11.8 Å². The van der Waals surface area contributed by atoms with E-state index in [4.69, 9.17) is 22.1 Å². The highest BCUT2D eigenvalue weighted by Crippen LogP contribution is 2.38. The second-order valence-corrected chi connectivity index (χ2v) is 12.3. The summed E-state index contributed by atoms with van der Waals surface area (Å²) in [7, 11) is 0. The second kappa shape index (κ2) is 13.9. The van der Waals surface area contributed by atoms with E-state index in [0.717, 1.165) is 0 Å². The summed E-state index contributed by atoms with van der Waals surface area (Å²) in [5.74, 6) is -2.12. The molecule has 2 aromatic rings. The molecule has 2 unspecified atom stereocenters. The molecule has 11 heteroatoms. The molecule has 5 N–H and O–H groups in total. The fraction of sp³-hybridized carbons (Fsp3) is 0.484. The number of nitrogens with one attached hydrogen (secondary N) is 2. The summed E-state index contributed by atoms with van der Waals surface area (Å²) < 4.78 is 5.38. The number of nitrogens with two attached hydrogens (primary N) is 1. The minimum Gasteiger partial charge on any atom is -0.507 e. The van der Waals surface area contributed by atoms with Crippen LogP contribution in [0.1, 0.15) is 83.5 Å². The Hall–Kier alpha value is -3.79. The van der Waals surface area contributed by atoms with Crippen LogP contribution in [-0.2, 0) is 19.1 Å². The number of anilines is 1. The number of rotatable bonds is 11. The van der Waals surface area contributed by atoms with Crippen LogP contribution in [-0.4, -0.2) is 51.0 Å². The molecule has 0 aliphatic rings. The maximum absolute atomic E-state index is 14.5. The van der Waals surface area contributed by atoms with Crippen LogP contribution >= 0.6 is 11.6 Å². The Morgan fingerprint density at radius 1 is 1.02 bits per heavy atom. The third kappa shape index (κ3) is 8.85. The molecule has 230 valence electrons. The number of phenolic OH excluding ortho intramolecular Hbond substituents is 1. The number of benzene rings is 2. The van der Waals surface area contributed by atoms with Gasteiger partial charge in [0.1, 0.15) is 23.4 Å². The van der Waals surface area contributed by atoms with Gasteiger partial charge in [-0.3, -0.25) is 14.4 Å². The average molecular weight is 603 g/mol. The van der Waals surface area contributed by atoms with Crippen LogP contribution in [0, 0.1) is 13.8 Å². The van der Waals surface area contributed by atoms with Crippen molar-refractivity contribution >= 4 is 41.1 Å². The van der Waals surface area contributed by atoms with E-state index in [2.05, 4.69) is 10.6 Å². The second-order valence-electron chi connectivity index (χ2n) is 11.9. The third-order valence-electron chi connectivity index (χ3n) is 6.96. The number of primary amides is 1. The fourth-order valence-corrected chi connectivity index (χ4v) is 4.66. The maximum atomic E-state index is 14.5. The number of ether oxygens (including phenoxy) is 1. The number of nitrogens with zero attached hydrogens (tertiary/aromatic N) is 1. The van der Waals surface area contributed by atoms with Crippen LogP contribution in [0.4, 0.5) is 10.5 Å². The normalized spacial score (nSPS) is 13.1. The highest BCUT2D eigenvalue weighted by Gasteiger charge is 2.44. The van der Waals surface area contributed by atoms with Crippen molar-refractivity contribution in [3.8, 4) is 5.75 Å². The van der Waals surface area contributed by atoms with Crippen LogP contribution in [0.25, 0.3) is 0 Å². The molecule has 0 aliphatic heterocycles. The van der Waals surface area contributed by atoms with Crippen LogP contribution in [0.5, 0.6) is 5.75 Å². The number of amides is 4. The third-order valence-corrected chi connectivity index (χ3v) is 7.28. The topological polar surface area (TPSA) is 151 Å². The molecule has 2 atom stereocenters. The standard InChI is InChI=1S/C31H43ClN4O6/c1-9-31(7,8)36(28(40)22(16-17-23(33)37)34-29(41)42-30(4,5)6)25(20-14-10-13-19(3)26(20)38)27(39)35-24-18(2)12-11-15-21(24)32/h10-15,22,25,38H,9,16-17H2,1-8H3,(H2,33,37)(H,34,41)(H,35,39). The Kier molecular flexibility index (Phi) is 11.4. The van der Waals surface area contributed by atoms with Crippen molar-refractivity contribution in [1.82, 2.24) is 10.2 Å². The van der Waals surface area contributed by atoms with Gasteiger partial charge in [-0.2, -0.15) is 0 Å². The Labute approximate surface area is 252 Å². The van der Waals surface area contributed by atoms with Crippen molar-refractivity contribution < 1.29 is 29.0 Å². The first kappa shape index (κ1) is 34.4. The number of phenols is 1. The summed E-state index contributed by atoms with van der Waals surface area (Å²) in [6.07, 6.45) is -0.820. The lowest BCUT2D eigenvalue weighted by molar-refractivity contribution is -0.148. The molecule has 10 nitrogen and oxygen atoms in total. The average Bonchev–Trinajstić information content (AvgIpc) is 2.87. The van der Waals surface area contributed by atoms with Gasteiger partial charge in [-0.05, 0) is 78.5 Å². The van der Waals surface area contributed by atoms with Gasteiger partial charge in [-0.1, -0.05) is 48.9 Å². The Morgan fingerprint density at radius 2 is 1.62 bits per heavy atom. The van der Waals surface area contributed by atoms with E-state index in [1.54, 1.807) is 84.9 Å². The van der Waals surface area contributed by atoms with E-state index in [9.17, 15) is 24.3 Å². The number of hydrogen-bond acceptors (Lipinski definition) is 6. The number of aryl methyl sites for hydroxylation is 2. The Bertz CT molecular complexity index is 1300. The van der Waals surface area contributed by atoms with Crippen LogP contribution in [0.2, 0.25) is 5.02 Å². The van der Waals surface area contributed by atoms with Crippen molar-refractivity contribution in [1.29, 1.82) is 0 Å². The lowest BCUT2D eigenvalue weighted by Crippen LogP contribution is -2.59. The minimum atomic E-state index is -1.36. The largest absolute Gasteiger partial charge is 0.507 e. The number of carbonyl (C=O) groups is 4. The molecule has 2 rings (SSSR count). The van der Waals surface area contributed by atoms with E-state index in [1.165, 1.54) is 4.90 Å². The van der Waals surface area contributed by atoms with Gasteiger partial charge >= 0.3 is 6.09 Å². The zero-order valence-corrected chi connectivity index (χ0v) is 26.4. The monoisotopic (exact) mass is 602 g/mol. The summed E-state index contributed by atoms with van der Waals surface area (Å²) >= 11 is 6.42. The van der Waals surface area contributed by atoms with Gasteiger partial charge in [0.15, 0.2) is 0 Å². The van der Waals surface area contributed by atoms with Crippen molar-refractivity contribution in [2.45, 2.75) is 97.9 Å². The van der Waals surface area contributed by atoms with E-state index in [1.807, 2.05) is 6.92 Å². The molecule has 4 amide bonds. The fourth-order valence-electron chi connectivity index (χ4n) is 4.39. The summed E-state index contributed by atoms with van der Waals surface area (Å²) in [5.41, 5.74) is 5.29. The molecule has 0 saturated heterocycles. The van der Waals surface area contributed by atoms with Gasteiger partial charge in [-0.15, -0.1) is 0 Å². The van der Waals surface area contributed by atoms with Gasteiger partial charge in [0.25, 0.3) is 5.91 Å². The molecule has 0 bridgehead atoms. The van der Waals surface area contributed by atoms with Crippen molar-refractivity contribution in [2.24, 2.45) is 5.73 Å². The van der Waals surface area contributed by atoms with E-state index in [-0.39, 0.29) is 24.2 Å². The molecular weight excluding hydrogens is 560 g/mol. The summed E-state index contributed by atoms with van der Waals surface area (Å²) in [5, 5.41) is 16.9. The molecule has 0 saturated carbocycles. The lowest BCUT2D eigenvalue weighted by atomic mass is 9.90. The first-order chi connectivity index (χ1) is 19.4. The first-order valence-corrected chi connectivity index (χ1v) is 14.2.